The van der Waals surface area contributed by atoms with E-state index >= 15 is 0 Å². The van der Waals surface area contributed by atoms with Gasteiger partial charge in [0.15, 0.2) is 0 Å². The van der Waals surface area contributed by atoms with Crippen LogP contribution in [0.3, 0.4) is 0 Å². The third-order valence-electron chi connectivity index (χ3n) is 3.16. The van der Waals surface area contributed by atoms with Crippen molar-refractivity contribution in [3.63, 3.8) is 0 Å². The molecule has 0 aliphatic rings. The Morgan fingerprint density at radius 2 is 1.75 bits per heavy atom. The molecule has 3 aromatic rings. The Morgan fingerprint density at radius 3 is 2.55 bits per heavy atom. The molecular weight excluding hydrogens is 246 g/mol. The zero-order valence-corrected chi connectivity index (χ0v) is 10.8. The summed E-state index contributed by atoms with van der Waals surface area (Å²) >= 11 is 0. The van der Waals surface area contributed by atoms with Crippen LogP contribution in [-0.2, 0) is 0 Å². The first-order valence-electron chi connectivity index (χ1n) is 6.43. The molecule has 1 N–H and O–H groups in total. The highest BCUT2D eigenvalue weighted by molar-refractivity contribution is 5.79. The SMILES string of the molecule is N#CC(Nc1ccccc1)c1cnc2ccccc2c1. The van der Waals surface area contributed by atoms with Gasteiger partial charge in [-0.05, 0) is 24.3 Å². The Bertz CT molecular complexity index is 760. The molecule has 0 saturated heterocycles. The van der Waals surface area contributed by atoms with E-state index < -0.39 is 6.04 Å². The Labute approximate surface area is 117 Å². The normalized spacial score (nSPS) is 11.8. The molecule has 0 fully saturated rings. The minimum atomic E-state index is -0.408. The summed E-state index contributed by atoms with van der Waals surface area (Å²) in [6.45, 7) is 0. The Morgan fingerprint density at radius 1 is 1.00 bits per heavy atom. The van der Waals surface area contributed by atoms with Crippen molar-refractivity contribution < 1.29 is 0 Å². The van der Waals surface area contributed by atoms with Crippen molar-refractivity contribution in [2.75, 3.05) is 5.32 Å². The maximum atomic E-state index is 9.37. The first kappa shape index (κ1) is 12.2. The molecule has 3 nitrogen and oxygen atoms in total. The topological polar surface area (TPSA) is 48.7 Å². The summed E-state index contributed by atoms with van der Waals surface area (Å²) in [6, 6.07) is 21.5. The van der Waals surface area contributed by atoms with Crippen LogP contribution in [-0.4, -0.2) is 4.98 Å². The lowest BCUT2D eigenvalue weighted by Crippen LogP contribution is -2.08. The fraction of sp³-hybridized carbons (Fsp3) is 0.0588. The van der Waals surface area contributed by atoms with Crippen molar-refractivity contribution in [3.05, 3.63) is 72.4 Å². The molecule has 0 saturated carbocycles. The monoisotopic (exact) mass is 259 g/mol. The van der Waals surface area contributed by atoms with Crippen LogP contribution in [0.5, 0.6) is 0 Å². The molecule has 0 spiro atoms. The number of benzene rings is 2. The van der Waals surface area contributed by atoms with Crippen LogP contribution in [0.4, 0.5) is 5.69 Å². The fourth-order valence-corrected chi connectivity index (χ4v) is 2.14. The number of para-hydroxylation sites is 2. The van der Waals surface area contributed by atoms with Gasteiger partial charge in [0.1, 0.15) is 6.04 Å². The van der Waals surface area contributed by atoms with Gasteiger partial charge in [0.2, 0.25) is 0 Å². The second-order valence-corrected chi connectivity index (χ2v) is 4.53. The summed E-state index contributed by atoms with van der Waals surface area (Å²) in [7, 11) is 0. The molecule has 2 aromatic carbocycles. The molecule has 3 rings (SSSR count). The Balaban J connectivity index is 1.93. The molecule has 0 amide bonds. The summed E-state index contributed by atoms with van der Waals surface area (Å²) in [5.41, 5.74) is 2.73. The zero-order valence-electron chi connectivity index (χ0n) is 10.8. The van der Waals surface area contributed by atoms with E-state index in [-0.39, 0.29) is 0 Å². The summed E-state index contributed by atoms with van der Waals surface area (Å²) in [4.78, 5) is 4.40. The molecule has 1 heterocycles. The third kappa shape index (κ3) is 2.45. The lowest BCUT2D eigenvalue weighted by atomic mass is 10.1. The smallest absolute Gasteiger partial charge is 0.141 e. The average Bonchev–Trinajstić information content (AvgIpc) is 2.53. The van der Waals surface area contributed by atoms with Gasteiger partial charge in [0.25, 0.3) is 0 Å². The van der Waals surface area contributed by atoms with Crippen LogP contribution in [0.25, 0.3) is 10.9 Å². The van der Waals surface area contributed by atoms with Gasteiger partial charge in [0.05, 0.1) is 11.6 Å². The van der Waals surface area contributed by atoms with E-state index in [2.05, 4.69) is 16.4 Å². The lowest BCUT2D eigenvalue weighted by Gasteiger charge is -2.13. The van der Waals surface area contributed by atoms with Gasteiger partial charge in [-0.3, -0.25) is 4.98 Å². The predicted octanol–water partition coefficient (Wildman–Crippen LogP) is 3.91. The second kappa shape index (κ2) is 5.41. The van der Waals surface area contributed by atoms with Crippen molar-refractivity contribution in [1.29, 1.82) is 5.26 Å². The number of hydrogen-bond donors (Lipinski definition) is 1. The van der Waals surface area contributed by atoms with E-state index in [4.69, 9.17) is 0 Å². The zero-order chi connectivity index (χ0) is 13.8. The van der Waals surface area contributed by atoms with Crippen LogP contribution in [0.1, 0.15) is 11.6 Å². The van der Waals surface area contributed by atoms with Gasteiger partial charge >= 0.3 is 0 Å². The van der Waals surface area contributed by atoms with Crippen LogP contribution in [0, 0.1) is 11.3 Å². The largest absolute Gasteiger partial charge is 0.366 e. The van der Waals surface area contributed by atoms with Crippen LogP contribution in [0.15, 0.2) is 66.9 Å². The Kier molecular flexibility index (Phi) is 3.30. The van der Waals surface area contributed by atoms with Gasteiger partial charge in [-0.2, -0.15) is 5.26 Å². The van der Waals surface area contributed by atoms with Crippen molar-refractivity contribution in [1.82, 2.24) is 4.98 Å². The van der Waals surface area contributed by atoms with Crippen molar-refractivity contribution >= 4 is 16.6 Å². The van der Waals surface area contributed by atoms with Gasteiger partial charge in [0, 0.05) is 22.8 Å². The van der Waals surface area contributed by atoms with E-state index in [1.807, 2.05) is 60.7 Å². The quantitative estimate of drug-likeness (QED) is 0.775. The first-order valence-corrected chi connectivity index (χ1v) is 6.43. The average molecular weight is 259 g/mol. The van der Waals surface area contributed by atoms with Crippen molar-refractivity contribution in [2.45, 2.75) is 6.04 Å². The summed E-state index contributed by atoms with van der Waals surface area (Å²) in [6.07, 6.45) is 1.76. The molecule has 20 heavy (non-hydrogen) atoms. The van der Waals surface area contributed by atoms with E-state index in [0.717, 1.165) is 22.2 Å². The first-order chi connectivity index (χ1) is 9.86. The fourth-order valence-electron chi connectivity index (χ4n) is 2.14. The summed E-state index contributed by atoms with van der Waals surface area (Å²) in [5, 5.41) is 13.6. The molecule has 1 unspecified atom stereocenters. The highest BCUT2D eigenvalue weighted by atomic mass is 14.9. The van der Waals surface area contributed by atoms with Crippen molar-refractivity contribution in [3.8, 4) is 6.07 Å². The number of nitriles is 1. The molecular formula is C17H13N3. The minimum Gasteiger partial charge on any atom is -0.366 e. The molecule has 0 aliphatic carbocycles. The van der Waals surface area contributed by atoms with Crippen LogP contribution >= 0.6 is 0 Å². The van der Waals surface area contributed by atoms with E-state index in [1.54, 1.807) is 6.20 Å². The number of anilines is 1. The van der Waals surface area contributed by atoms with E-state index in [0.29, 0.717) is 0 Å². The van der Waals surface area contributed by atoms with E-state index in [1.165, 1.54) is 0 Å². The number of rotatable bonds is 3. The van der Waals surface area contributed by atoms with Gasteiger partial charge in [-0.1, -0.05) is 36.4 Å². The van der Waals surface area contributed by atoms with Gasteiger partial charge in [-0.25, -0.2) is 0 Å². The molecule has 0 aliphatic heterocycles. The number of nitrogens with one attached hydrogen (secondary N) is 1. The molecule has 1 aromatic heterocycles. The molecule has 3 heteroatoms. The molecule has 0 radical (unpaired) electrons. The summed E-state index contributed by atoms with van der Waals surface area (Å²) < 4.78 is 0. The molecule has 0 bridgehead atoms. The number of fused-ring (bicyclic) bond motifs is 1. The maximum Gasteiger partial charge on any atom is 0.141 e. The van der Waals surface area contributed by atoms with Crippen LogP contribution in [0.2, 0.25) is 0 Å². The second-order valence-electron chi connectivity index (χ2n) is 4.53. The predicted molar refractivity (Wildman–Crippen MR) is 80.2 cm³/mol. The van der Waals surface area contributed by atoms with Crippen molar-refractivity contribution in [2.24, 2.45) is 0 Å². The highest BCUT2D eigenvalue weighted by Gasteiger charge is 2.11. The van der Waals surface area contributed by atoms with E-state index in [9.17, 15) is 5.26 Å². The Hall–Kier alpha value is -2.86. The number of aromatic nitrogens is 1. The standard InChI is InChI=1S/C17H13N3/c18-11-17(20-15-7-2-1-3-8-15)14-10-13-6-4-5-9-16(13)19-12-14/h1-10,12,17,20H. The third-order valence-corrected chi connectivity index (χ3v) is 3.16. The number of pyridine rings is 1. The number of hydrogen-bond acceptors (Lipinski definition) is 3. The molecule has 96 valence electrons. The lowest BCUT2D eigenvalue weighted by molar-refractivity contribution is 0.989. The van der Waals surface area contributed by atoms with Gasteiger partial charge in [-0.15, -0.1) is 0 Å². The van der Waals surface area contributed by atoms with Gasteiger partial charge < -0.3 is 5.32 Å². The maximum absolute atomic E-state index is 9.37. The minimum absolute atomic E-state index is 0.408. The van der Waals surface area contributed by atoms with Crippen LogP contribution < -0.4 is 5.32 Å². The highest BCUT2D eigenvalue weighted by Crippen LogP contribution is 2.21. The molecule has 1 atom stereocenters. The summed E-state index contributed by atoms with van der Waals surface area (Å²) in [5.74, 6) is 0. The number of nitrogens with zero attached hydrogens (tertiary/aromatic N) is 2.